The summed E-state index contributed by atoms with van der Waals surface area (Å²) in [5, 5.41) is 18.9. The number of aliphatic hydroxyl groups is 2. The lowest BCUT2D eigenvalue weighted by molar-refractivity contribution is 0.0997. The number of hydrogen-bond donors (Lipinski definition) is 2. The first-order chi connectivity index (χ1) is 5.42. The van der Waals surface area contributed by atoms with E-state index < -0.39 is 12.2 Å². The smallest absolute Gasteiger partial charge is 0.0780 e. The van der Waals surface area contributed by atoms with Crippen molar-refractivity contribution in [2.24, 2.45) is 5.41 Å². The number of rotatable bonds is 1. The van der Waals surface area contributed by atoms with Crippen LogP contribution in [0.5, 0.6) is 0 Å². The van der Waals surface area contributed by atoms with E-state index in [0.717, 1.165) is 18.4 Å². The fourth-order valence-corrected chi connectivity index (χ4v) is 1.70. The molecule has 0 fully saturated rings. The zero-order valence-corrected chi connectivity index (χ0v) is 8.04. The molecule has 2 nitrogen and oxygen atoms in total. The Morgan fingerprint density at radius 2 is 2.17 bits per heavy atom. The summed E-state index contributed by atoms with van der Waals surface area (Å²) >= 11 is 0. The summed E-state index contributed by atoms with van der Waals surface area (Å²) in [6, 6.07) is 0. The molecule has 0 amide bonds. The molecule has 0 saturated carbocycles. The van der Waals surface area contributed by atoms with Gasteiger partial charge in [-0.25, -0.2) is 0 Å². The minimum absolute atomic E-state index is 0.178. The molecule has 0 bridgehead atoms. The standard InChI is InChI=1S/C10H18O2/c1-7(11)8-4-5-10(2,3)6-9(8)12/h4,7,9,11-12H,5-6H2,1-3H3. The van der Waals surface area contributed by atoms with Crippen LogP contribution in [0.3, 0.4) is 0 Å². The van der Waals surface area contributed by atoms with Crippen molar-refractivity contribution in [2.45, 2.75) is 45.8 Å². The van der Waals surface area contributed by atoms with Crippen LogP contribution >= 0.6 is 0 Å². The monoisotopic (exact) mass is 170 g/mol. The van der Waals surface area contributed by atoms with Gasteiger partial charge in [0.2, 0.25) is 0 Å². The molecule has 0 heterocycles. The number of allylic oxidation sites excluding steroid dienone is 1. The molecule has 0 spiro atoms. The lowest BCUT2D eigenvalue weighted by Gasteiger charge is -2.33. The van der Waals surface area contributed by atoms with Gasteiger partial charge in [0, 0.05) is 0 Å². The van der Waals surface area contributed by atoms with Crippen molar-refractivity contribution >= 4 is 0 Å². The van der Waals surface area contributed by atoms with Crippen molar-refractivity contribution in [2.75, 3.05) is 0 Å². The molecule has 0 radical (unpaired) electrons. The third-order valence-electron chi connectivity index (χ3n) is 2.50. The number of hydrogen-bond acceptors (Lipinski definition) is 2. The van der Waals surface area contributed by atoms with E-state index in [-0.39, 0.29) is 5.41 Å². The summed E-state index contributed by atoms with van der Waals surface area (Å²) in [6.45, 7) is 5.96. The molecule has 0 aromatic heterocycles. The predicted octanol–water partition coefficient (Wildman–Crippen LogP) is 1.47. The quantitative estimate of drug-likeness (QED) is 0.585. The molecule has 2 heteroatoms. The predicted molar refractivity (Wildman–Crippen MR) is 48.8 cm³/mol. The lowest BCUT2D eigenvalue weighted by Crippen LogP contribution is -2.30. The molecular weight excluding hydrogens is 152 g/mol. The Balaban J connectivity index is 2.74. The van der Waals surface area contributed by atoms with Crippen molar-refractivity contribution in [3.8, 4) is 0 Å². The third kappa shape index (κ3) is 2.08. The van der Waals surface area contributed by atoms with Gasteiger partial charge in [0.1, 0.15) is 0 Å². The van der Waals surface area contributed by atoms with Crippen molar-refractivity contribution in [1.29, 1.82) is 0 Å². The van der Waals surface area contributed by atoms with Crippen molar-refractivity contribution in [3.05, 3.63) is 11.6 Å². The van der Waals surface area contributed by atoms with E-state index in [4.69, 9.17) is 0 Å². The molecule has 0 aliphatic heterocycles. The SMILES string of the molecule is CC(O)C1=CCC(C)(C)CC1O. The van der Waals surface area contributed by atoms with Crippen LogP contribution in [0.2, 0.25) is 0 Å². The number of aliphatic hydroxyl groups excluding tert-OH is 2. The van der Waals surface area contributed by atoms with Crippen molar-refractivity contribution < 1.29 is 10.2 Å². The van der Waals surface area contributed by atoms with E-state index in [2.05, 4.69) is 13.8 Å². The van der Waals surface area contributed by atoms with E-state index in [0.29, 0.717) is 0 Å². The zero-order valence-electron chi connectivity index (χ0n) is 8.04. The summed E-state index contributed by atoms with van der Waals surface area (Å²) in [6.07, 6.45) is 2.72. The van der Waals surface area contributed by atoms with E-state index >= 15 is 0 Å². The second-order valence-corrected chi connectivity index (χ2v) is 4.47. The average molecular weight is 170 g/mol. The fourth-order valence-electron chi connectivity index (χ4n) is 1.70. The van der Waals surface area contributed by atoms with Gasteiger partial charge in [-0.1, -0.05) is 19.9 Å². The molecular formula is C10H18O2. The van der Waals surface area contributed by atoms with Crippen LogP contribution in [0, 0.1) is 5.41 Å². The first-order valence-electron chi connectivity index (χ1n) is 4.48. The van der Waals surface area contributed by atoms with Gasteiger partial charge in [0.15, 0.2) is 0 Å². The maximum Gasteiger partial charge on any atom is 0.0780 e. The molecule has 1 rings (SSSR count). The normalized spacial score (nSPS) is 31.1. The average Bonchev–Trinajstić information content (AvgIpc) is 1.83. The second kappa shape index (κ2) is 3.19. The van der Waals surface area contributed by atoms with Crippen LogP contribution in [0.15, 0.2) is 11.6 Å². The van der Waals surface area contributed by atoms with Gasteiger partial charge in [-0.2, -0.15) is 0 Å². The molecule has 0 aromatic carbocycles. The Morgan fingerprint density at radius 1 is 1.58 bits per heavy atom. The molecule has 70 valence electrons. The Kier molecular flexibility index (Phi) is 2.59. The Bertz CT molecular complexity index is 192. The van der Waals surface area contributed by atoms with Gasteiger partial charge in [0.25, 0.3) is 0 Å². The summed E-state index contributed by atoms with van der Waals surface area (Å²) in [5.41, 5.74) is 0.965. The largest absolute Gasteiger partial charge is 0.389 e. The lowest BCUT2D eigenvalue weighted by atomic mass is 9.76. The highest BCUT2D eigenvalue weighted by molar-refractivity contribution is 5.17. The topological polar surface area (TPSA) is 40.5 Å². The fraction of sp³-hybridized carbons (Fsp3) is 0.800. The maximum absolute atomic E-state index is 9.65. The van der Waals surface area contributed by atoms with Gasteiger partial charge in [0.05, 0.1) is 12.2 Å². The highest BCUT2D eigenvalue weighted by Gasteiger charge is 2.29. The molecule has 1 aliphatic rings. The van der Waals surface area contributed by atoms with Crippen LogP contribution in [-0.2, 0) is 0 Å². The van der Waals surface area contributed by atoms with Gasteiger partial charge >= 0.3 is 0 Å². The minimum atomic E-state index is -0.504. The van der Waals surface area contributed by atoms with Crippen LogP contribution in [0.1, 0.15) is 33.6 Å². The highest BCUT2D eigenvalue weighted by atomic mass is 16.3. The van der Waals surface area contributed by atoms with Crippen molar-refractivity contribution in [1.82, 2.24) is 0 Å². The first-order valence-corrected chi connectivity index (χ1v) is 4.48. The van der Waals surface area contributed by atoms with Gasteiger partial charge in [-0.3, -0.25) is 0 Å². The minimum Gasteiger partial charge on any atom is -0.389 e. The molecule has 2 atom stereocenters. The van der Waals surface area contributed by atoms with Crippen LogP contribution in [0.4, 0.5) is 0 Å². The molecule has 0 aromatic rings. The van der Waals surface area contributed by atoms with E-state index in [1.165, 1.54) is 0 Å². The van der Waals surface area contributed by atoms with E-state index in [1.807, 2.05) is 6.08 Å². The molecule has 2 unspecified atom stereocenters. The van der Waals surface area contributed by atoms with E-state index in [9.17, 15) is 10.2 Å². The van der Waals surface area contributed by atoms with E-state index in [1.54, 1.807) is 6.92 Å². The van der Waals surface area contributed by atoms with Crippen LogP contribution in [-0.4, -0.2) is 22.4 Å². The highest BCUT2D eigenvalue weighted by Crippen LogP contribution is 2.35. The van der Waals surface area contributed by atoms with Crippen molar-refractivity contribution in [3.63, 3.8) is 0 Å². The van der Waals surface area contributed by atoms with Crippen LogP contribution in [0.25, 0.3) is 0 Å². The Labute approximate surface area is 73.9 Å². The Morgan fingerprint density at radius 3 is 2.58 bits per heavy atom. The first kappa shape index (κ1) is 9.75. The summed E-state index contributed by atoms with van der Waals surface area (Å²) in [7, 11) is 0. The van der Waals surface area contributed by atoms with Crippen LogP contribution < -0.4 is 0 Å². The Hall–Kier alpha value is -0.340. The second-order valence-electron chi connectivity index (χ2n) is 4.47. The third-order valence-corrected chi connectivity index (χ3v) is 2.50. The molecule has 12 heavy (non-hydrogen) atoms. The zero-order chi connectivity index (χ0) is 9.35. The summed E-state index contributed by atoms with van der Waals surface area (Å²) in [5.74, 6) is 0. The molecule has 2 N–H and O–H groups in total. The van der Waals surface area contributed by atoms with Gasteiger partial charge in [-0.15, -0.1) is 0 Å². The molecule has 0 saturated heterocycles. The summed E-state index contributed by atoms with van der Waals surface area (Å²) < 4.78 is 0. The maximum atomic E-state index is 9.65. The summed E-state index contributed by atoms with van der Waals surface area (Å²) in [4.78, 5) is 0. The van der Waals surface area contributed by atoms with Gasteiger partial charge < -0.3 is 10.2 Å². The molecule has 1 aliphatic carbocycles. The van der Waals surface area contributed by atoms with Gasteiger partial charge in [-0.05, 0) is 30.8 Å².